The number of pyridine rings is 1. The number of para-hydroxylation sites is 1. The maximum Gasteiger partial charge on any atom is 0.339 e. The van der Waals surface area contributed by atoms with Crippen LogP contribution in [0.25, 0.3) is 10.9 Å². The van der Waals surface area contributed by atoms with Crippen LogP contribution in [0.4, 0.5) is 5.82 Å². The molecule has 21 heavy (non-hydrogen) atoms. The van der Waals surface area contributed by atoms with Gasteiger partial charge in [-0.05, 0) is 26.0 Å². The van der Waals surface area contributed by atoms with Crippen molar-refractivity contribution in [2.45, 2.75) is 26.1 Å². The summed E-state index contributed by atoms with van der Waals surface area (Å²) in [5.41, 5.74) is 1.05. The number of hydrogen-bond donors (Lipinski definition) is 1. The molecule has 0 radical (unpaired) electrons. The summed E-state index contributed by atoms with van der Waals surface area (Å²) in [5.74, 6) is -0.418. The van der Waals surface area contributed by atoms with Crippen LogP contribution in [0.2, 0.25) is 0 Å². The normalized spacial score (nSPS) is 22.5. The summed E-state index contributed by atoms with van der Waals surface area (Å²) in [7, 11) is 0. The molecule has 2 unspecified atom stereocenters. The number of aromatic nitrogens is 1. The van der Waals surface area contributed by atoms with Gasteiger partial charge in [-0.1, -0.05) is 18.2 Å². The van der Waals surface area contributed by atoms with Crippen LogP contribution in [0.3, 0.4) is 0 Å². The van der Waals surface area contributed by atoms with Crippen molar-refractivity contribution in [3.05, 3.63) is 35.9 Å². The number of carboxylic acid groups (broad SMARTS) is 1. The van der Waals surface area contributed by atoms with Crippen molar-refractivity contribution in [1.82, 2.24) is 4.98 Å². The number of rotatable bonds is 2. The smallest absolute Gasteiger partial charge is 0.339 e. The second-order valence-electron chi connectivity index (χ2n) is 5.52. The lowest BCUT2D eigenvalue weighted by atomic mass is 10.1. The van der Waals surface area contributed by atoms with E-state index in [2.05, 4.69) is 4.98 Å². The number of nitrogens with zero attached hydrogens (tertiary/aromatic N) is 2. The molecule has 1 saturated heterocycles. The molecular formula is C16H18N2O3. The molecule has 1 N–H and O–H groups in total. The van der Waals surface area contributed by atoms with Gasteiger partial charge in [-0.15, -0.1) is 0 Å². The molecule has 0 spiro atoms. The predicted molar refractivity (Wildman–Crippen MR) is 80.9 cm³/mol. The minimum atomic E-state index is -0.949. The Hall–Kier alpha value is -2.14. The van der Waals surface area contributed by atoms with Crippen LogP contribution < -0.4 is 4.90 Å². The van der Waals surface area contributed by atoms with E-state index in [1.54, 1.807) is 6.07 Å². The van der Waals surface area contributed by atoms with Gasteiger partial charge in [0.25, 0.3) is 0 Å². The van der Waals surface area contributed by atoms with Crippen molar-refractivity contribution < 1.29 is 14.6 Å². The molecule has 2 aromatic rings. The number of anilines is 1. The Labute approximate surface area is 123 Å². The van der Waals surface area contributed by atoms with Gasteiger partial charge in [0, 0.05) is 18.5 Å². The minimum absolute atomic E-state index is 0.0589. The Bertz CT molecular complexity index is 676. The summed E-state index contributed by atoms with van der Waals surface area (Å²) in [4.78, 5) is 18.2. The first-order valence-corrected chi connectivity index (χ1v) is 7.08. The molecular weight excluding hydrogens is 268 g/mol. The molecule has 2 atom stereocenters. The monoisotopic (exact) mass is 286 g/mol. The molecule has 1 aliphatic heterocycles. The molecule has 110 valence electrons. The number of benzene rings is 1. The SMILES string of the molecule is CC1CN(c2nc3ccccc3cc2C(=O)O)CC(C)O1. The predicted octanol–water partition coefficient (Wildman–Crippen LogP) is 2.55. The highest BCUT2D eigenvalue weighted by Gasteiger charge is 2.27. The van der Waals surface area contributed by atoms with Crippen molar-refractivity contribution in [1.29, 1.82) is 0 Å². The van der Waals surface area contributed by atoms with Crippen LogP contribution in [0.15, 0.2) is 30.3 Å². The molecule has 0 bridgehead atoms. The molecule has 1 aromatic carbocycles. The van der Waals surface area contributed by atoms with Gasteiger partial charge in [-0.2, -0.15) is 0 Å². The second kappa shape index (κ2) is 5.33. The fourth-order valence-corrected chi connectivity index (χ4v) is 2.86. The second-order valence-corrected chi connectivity index (χ2v) is 5.52. The number of morpholine rings is 1. The maximum atomic E-state index is 11.6. The van der Waals surface area contributed by atoms with E-state index in [1.807, 2.05) is 43.0 Å². The molecule has 0 aliphatic carbocycles. The number of carboxylic acids is 1. The average Bonchev–Trinajstić information content (AvgIpc) is 2.44. The van der Waals surface area contributed by atoms with Gasteiger partial charge in [0.1, 0.15) is 11.4 Å². The molecule has 5 nitrogen and oxygen atoms in total. The van der Waals surface area contributed by atoms with Gasteiger partial charge in [-0.3, -0.25) is 0 Å². The fraction of sp³-hybridized carbons (Fsp3) is 0.375. The zero-order chi connectivity index (χ0) is 15.0. The number of fused-ring (bicyclic) bond motifs is 1. The highest BCUT2D eigenvalue weighted by atomic mass is 16.5. The van der Waals surface area contributed by atoms with E-state index in [0.29, 0.717) is 18.9 Å². The fourth-order valence-electron chi connectivity index (χ4n) is 2.86. The number of ether oxygens (including phenoxy) is 1. The topological polar surface area (TPSA) is 62.7 Å². The highest BCUT2D eigenvalue weighted by molar-refractivity contribution is 5.98. The van der Waals surface area contributed by atoms with Crippen LogP contribution in [-0.4, -0.2) is 41.4 Å². The molecule has 0 amide bonds. The average molecular weight is 286 g/mol. The summed E-state index contributed by atoms with van der Waals surface area (Å²) in [6, 6.07) is 9.27. The summed E-state index contributed by atoms with van der Waals surface area (Å²) in [5, 5.41) is 10.3. The van der Waals surface area contributed by atoms with E-state index in [9.17, 15) is 9.90 Å². The third-order valence-electron chi connectivity index (χ3n) is 3.65. The number of hydrogen-bond acceptors (Lipinski definition) is 4. The van der Waals surface area contributed by atoms with Crippen molar-refractivity contribution in [3.8, 4) is 0 Å². The van der Waals surface area contributed by atoms with Crippen molar-refractivity contribution in [2.24, 2.45) is 0 Å². The first-order valence-electron chi connectivity index (χ1n) is 7.08. The van der Waals surface area contributed by atoms with E-state index in [1.165, 1.54) is 0 Å². The van der Waals surface area contributed by atoms with Crippen LogP contribution in [0, 0.1) is 0 Å². The molecule has 2 heterocycles. The quantitative estimate of drug-likeness (QED) is 0.919. The standard InChI is InChI=1S/C16H18N2O3/c1-10-8-18(9-11(2)21-10)15-13(16(19)20)7-12-5-3-4-6-14(12)17-15/h3-7,10-11H,8-9H2,1-2H3,(H,19,20). The zero-order valence-electron chi connectivity index (χ0n) is 12.1. The summed E-state index contributed by atoms with van der Waals surface area (Å²) in [6.45, 7) is 5.28. The Morgan fingerprint density at radius 1 is 1.29 bits per heavy atom. The van der Waals surface area contributed by atoms with E-state index in [4.69, 9.17) is 4.74 Å². The number of carbonyl (C=O) groups is 1. The van der Waals surface area contributed by atoms with E-state index in [0.717, 1.165) is 10.9 Å². The molecule has 1 aliphatic rings. The van der Waals surface area contributed by atoms with Crippen molar-refractivity contribution in [2.75, 3.05) is 18.0 Å². The first-order chi connectivity index (χ1) is 10.0. The van der Waals surface area contributed by atoms with Gasteiger partial charge < -0.3 is 14.7 Å². The highest BCUT2D eigenvalue weighted by Crippen LogP contribution is 2.26. The molecule has 3 rings (SSSR count). The third kappa shape index (κ3) is 2.69. The summed E-state index contributed by atoms with van der Waals surface area (Å²) < 4.78 is 5.71. The largest absolute Gasteiger partial charge is 0.478 e. The van der Waals surface area contributed by atoms with E-state index < -0.39 is 5.97 Å². The van der Waals surface area contributed by atoms with Crippen LogP contribution in [0.1, 0.15) is 24.2 Å². The first kappa shape index (κ1) is 13.8. The Balaban J connectivity index is 2.11. The van der Waals surface area contributed by atoms with Crippen LogP contribution in [-0.2, 0) is 4.74 Å². The lowest BCUT2D eigenvalue weighted by Gasteiger charge is -2.36. The number of aromatic carboxylic acids is 1. The molecule has 1 fully saturated rings. The molecule has 0 saturated carbocycles. The Morgan fingerprint density at radius 2 is 1.95 bits per heavy atom. The van der Waals surface area contributed by atoms with Gasteiger partial charge in [0.05, 0.1) is 17.7 Å². The van der Waals surface area contributed by atoms with Crippen LogP contribution >= 0.6 is 0 Å². The van der Waals surface area contributed by atoms with Crippen LogP contribution in [0.5, 0.6) is 0 Å². The lowest BCUT2D eigenvalue weighted by molar-refractivity contribution is -0.00554. The summed E-state index contributed by atoms with van der Waals surface area (Å²) >= 11 is 0. The van der Waals surface area contributed by atoms with Gasteiger partial charge >= 0.3 is 5.97 Å². The van der Waals surface area contributed by atoms with Gasteiger partial charge in [0.2, 0.25) is 0 Å². The van der Waals surface area contributed by atoms with Crippen molar-refractivity contribution >= 4 is 22.7 Å². The molecule has 5 heteroatoms. The van der Waals surface area contributed by atoms with Gasteiger partial charge in [0.15, 0.2) is 0 Å². The molecule has 1 aromatic heterocycles. The Kier molecular flexibility index (Phi) is 3.51. The summed E-state index contributed by atoms with van der Waals surface area (Å²) in [6.07, 6.45) is 0.118. The van der Waals surface area contributed by atoms with Crippen molar-refractivity contribution in [3.63, 3.8) is 0 Å². The van der Waals surface area contributed by atoms with Gasteiger partial charge in [-0.25, -0.2) is 9.78 Å². The van der Waals surface area contributed by atoms with E-state index >= 15 is 0 Å². The maximum absolute atomic E-state index is 11.6. The Morgan fingerprint density at radius 3 is 2.62 bits per heavy atom. The third-order valence-corrected chi connectivity index (χ3v) is 3.65. The van der Waals surface area contributed by atoms with E-state index in [-0.39, 0.29) is 17.8 Å². The zero-order valence-corrected chi connectivity index (χ0v) is 12.1. The lowest BCUT2D eigenvalue weighted by Crippen LogP contribution is -2.46. The minimum Gasteiger partial charge on any atom is -0.478 e.